The molecular formula is C7H14O12P2. The lowest BCUT2D eigenvalue weighted by Crippen LogP contribution is -2.38. The van der Waals surface area contributed by atoms with E-state index in [1.807, 2.05) is 0 Å². The largest absolute Gasteiger partial charge is 0.530 e. The van der Waals surface area contributed by atoms with Gasteiger partial charge in [-0.2, -0.15) is 0 Å². The Morgan fingerprint density at radius 3 is 2.05 bits per heavy atom. The topological polar surface area (TPSA) is 197 Å². The van der Waals surface area contributed by atoms with Crippen LogP contribution in [-0.4, -0.2) is 62.1 Å². The predicted molar refractivity (Wildman–Crippen MR) is 62.6 cm³/mol. The molecule has 0 aliphatic rings. The summed E-state index contributed by atoms with van der Waals surface area (Å²) in [6.07, 6.45) is -4.21. The van der Waals surface area contributed by atoms with E-state index in [0.29, 0.717) is 0 Å². The van der Waals surface area contributed by atoms with Crippen molar-refractivity contribution in [3.05, 3.63) is 0 Å². The molecular weight excluding hydrogens is 338 g/mol. The maximum atomic E-state index is 11.3. The van der Waals surface area contributed by atoms with Crippen LogP contribution in [0.1, 0.15) is 6.92 Å². The number of rotatable bonds is 9. The summed E-state index contributed by atoms with van der Waals surface area (Å²) in [6, 6.07) is 0. The van der Waals surface area contributed by atoms with E-state index < -0.39 is 52.8 Å². The van der Waals surface area contributed by atoms with Crippen molar-refractivity contribution in [1.82, 2.24) is 0 Å². The molecule has 1 unspecified atom stereocenters. The van der Waals surface area contributed by atoms with Gasteiger partial charge in [0, 0.05) is 6.92 Å². The number of phosphoric acid groups is 2. The van der Waals surface area contributed by atoms with Gasteiger partial charge >= 0.3 is 21.6 Å². The SMILES string of the molecule is CC(=O)OP(=O)(O)OCC(=O)[C@@H](O)[C@H](O)COP(=O)(O)O. The number of aliphatic hydroxyl groups is 2. The molecule has 124 valence electrons. The molecule has 21 heavy (non-hydrogen) atoms. The Hall–Kier alpha value is -0.680. The van der Waals surface area contributed by atoms with Gasteiger partial charge in [-0.05, 0) is 0 Å². The standard InChI is InChI=1S/C7H14O12P2/c1-4(8)19-21(15,16)18-3-6(10)7(11)5(9)2-17-20(12,13)14/h5,7,9,11H,2-3H2,1H3,(H,15,16)(H2,12,13,14)/t5-,7+/m1/s1. The number of ketones is 1. The van der Waals surface area contributed by atoms with Crippen molar-refractivity contribution in [2.45, 2.75) is 19.1 Å². The van der Waals surface area contributed by atoms with Crippen molar-refractivity contribution in [1.29, 1.82) is 0 Å². The van der Waals surface area contributed by atoms with E-state index >= 15 is 0 Å². The van der Waals surface area contributed by atoms with Crippen molar-refractivity contribution in [3.8, 4) is 0 Å². The number of hydrogen-bond donors (Lipinski definition) is 5. The highest BCUT2D eigenvalue weighted by Crippen LogP contribution is 2.43. The van der Waals surface area contributed by atoms with Crippen molar-refractivity contribution < 1.29 is 57.2 Å². The van der Waals surface area contributed by atoms with Crippen molar-refractivity contribution in [2.24, 2.45) is 0 Å². The molecule has 0 amide bonds. The third kappa shape index (κ3) is 9.80. The van der Waals surface area contributed by atoms with Gasteiger partial charge in [0.15, 0.2) is 5.78 Å². The number of Topliss-reactive ketones (excluding diaryl/α,β-unsaturated/α-hetero) is 1. The minimum absolute atomic E-state index is 0.812. The third-order valence-corrected chi connectivity index (χ3v) is 3.15. The Morgan fingerprint density at radius 2 is 1.62 bits per heavy atom. The second-order valence-corrected chi connectivity index (χ2v) is 6.21. The van der Waals surface area contributed by atoms with E-state index in [0.717, 1.165) is 6.92 Å². The molecule has 0 rings (SSSR count). The second kappa shape index (κ2) is 8.08. The predicted octanol–water partition coefficient (Wildman–Crippen LogP) is -1.93. The highest BCUT2D eigenvalue weighted by atomic mass is 31.2. The number of carbonyl (C=O) groups is 2. The molecule has 0 saturated carbocycles. The third-order valence-electron chi connectivity index (χ3n) is 1.72. The fourth-order valence-electron chi connectivity index (χ4n) is 0.899. The average molecular weight is 352 g/mol. The summed E-state index contributed by atoms with van der Waals surface area (Å²) in [5.41, 5.74) is 0. The number of carbonyl (C=O) groups excluding carboxylic acids is 2. The molecule has 0 radical (unpaired) electrons. The van der Waals surface area contributed by atoms with Crippen molar-refractivity contribution in [3.63, 3.8) is 0 Å². The fourth-order valence-corrected chi connectivity index (χ4v) is 1.91. The molecule has 0 aromatic heterocycles. The lowest BCUT2D eigenvalue weighted by Gasteiger charge is -2.17. The summed E-state index contributed by atoms with van der Waals surface area (Å²) >= 11 is 0. The minimum Gasteiger partial charge on any atom is -0.388 e. The first kappa shape index (κ1) is 20.3. The molecule has 14 heteroatoms. The average Bonchev–Trinajstić information content (AvgIpc) is 2.29. The lowest BCUT2D eigenvalue weighted by molar-refractivity contribution is -0.139. The lowest BCUT2D eigenvalue weighted by atomic mass is 10.1. The normalized spacial score (nSPS) is 17.6. The maximum Gasteiger partial charge on any atom is 0.530 e. The van der Waals surface area contributed by atoms with Gasteiger partial charge in [-0.15, -0.1) is 0 Å². The molecule has 3 atom stereocenters. The van der Waals surface area contributed by atoms with Crippen LogP contribution in [-0.2, 0) is 32.3 Å². The summed E-state index contributed by atoms with van der Waals surface area (Å²) in [5, 5.41) is 18.5. The molecule has 0 heterocycles. The van der Waals surface area contributed by atoms with Gasteiger partial charge in [0.25, 0.3) is 0 Å². The van der Waals surface area contributed by atoms with E-state index in [2.05, 4.69) is 13.6 Å². The van der Waals surface area contributed by atoms with Crippen LogP contribution < -0.4 is 0 Å². The molecule has 0 aliphatic heterocycles. The van der Waals surface area contributed by atoms with Gasteiger partial charge in [-0.1, -0.05) is 0 Å². The highest BCUT2D eigenvalue weighted by Gasteiger charge is 2.31. The van der Waals surface area contributed by atoms with E-state index in [9.17, 15) is 28.9 Å². The molecule has 0 bridgehead atoms. The molecule has 0 aliphatic carbocycles. The van der Waals surface area contributed by atoms with Crippen molar-refractivity contribution >= 4 is 27.4 Å². The van der Waals surface area contributed by atoms with Crippen molar-refractivity contribution in [2.75, 3.05) is 13.2 Å². The Balaban J connectivity index is 4.36. The fraction of sp³-hybridized carbons (Fsp3) is 0.714. The molecule has 0 aromatic carbocycles. The summed E-state index contributed by atoms with van der Waals surface area (Å²) in [4.78, 5) is 47.3. The van der Waals surface area contributed by atoms with Gasteiger partial charge in [0.2, 0.25) is 0 Å². The van der Waals surface area contributed by atoms with Crippen LogP contribution in [0.4, 0.5) is 0 Å². The zero-order chi connectivity index (χ0) is 16.8. The summed E-state index contributed by atoms with van der Waals surface area (Å²) in [5.74, 6) is -2.46. The summed E-state index contributed by atoms with van der Waals surface area (Å²) in [6.45, 7) is -1.46. The first-order valence-electron chi connectivity index (χ1n) is 5.10. The Morgan fingerprint density at radius 1 is 1.10 bits per heavy atom. The van der Waals surface area contributed by atoms with Crippen LogP contribution in [0.5, 0.6) is 0 Å². The molecule has 0 saturated heterocycles. The zero-order valence-corrected chi connectivity index (χ0v) is 12.3. The first-order valence-corrected chi connectivity index (χ1v) is 8.13. The van der Waals surface area contributed by atoms with Gasteiger partial charge in [-0.25, -0.2) is 9.13 Å². The van der Waals surface area contributed by atoms with Gasteiger partial charge in [0.1, 0.15) is 18.8 Å². The Labute approximate surface area is 118 Å². The second-order valence-electron chi connectivity index (χ2n) is 3.59. The first-order chi connectivity index (χ1) is 9.34. The molecule has 0 fully saturated rings. The van der Waals surface area contributed by atoms with Gasteiger partial charge in [0.05, 0.1) is 6.61 Å². The molecule has 5 N–H and O–H groups in total. The van der Waals surface area contributed by atoms with Crippen LogP contribution in [0.25, 0.3) is 0 Å². The quantitative estimate of drug-likeness (QED) is 0.288. The summed E-state index contributed by atoms with van der Waals surface area (Å²) < 4.78 is 33.2. The van der Waals surface area contributed by atoms with E-state index in [1.54, 1.807) is 0 Å². The Bertz CT molecular complexity index is 468. The highest BCUT2D eigenvalue weighted by molar-refractivity contribution is 7.48. The molecule has 0 spiro atoms. The van der Waals surface area contributed by atoms with E-state index in [-0.39, 0.29) is 0 Å². The monoisotopic (exact) mass is 352 g/mol. The van der Waals surface area contributed by atoms with Gasteiger partial charge < -0.3 is 24.5 Å². The van der Waals surface area contributed by atoms with Crippen LogP contribution in [0.15, 0.2) is 0 Å². The van der Waals surface area contributed by atoms with Gasteiger partial charge in [-0.3, -0.25) is 23.5 Å². The number of aliphatic hydroxyl groups excluding tert-OH is 2. The minimum atomic E-state index is -4.90. The van der Waals surface area contributed by atoms with E-state index in [4.69, 9.17) is 14.7 Å². The summed E-state index contributed by atoms with van der Waals surface area (Å²) in [7, 11) is -9.74. The maximum absolute atomic E-state index is 11.3. The molecule has 12 nitrogen and oxygen atoms in total. The van der Waals surface area contributed by atoms with Crippen LogP contribution in [0.3, 0.4) is 0 Å². The van der Waals surface area contributed by atoms with Crippen LogP contribution in [0.2, 0.25) is 0 Å². The Kier molecular flexibility index (Phi) is 7.82. The van der Waals surface area contributed by atoms with Crippen LogP contribution in [0, 0.1) is 0 Å². The zero-order valence-electron chi connectivity index (χ0n) is 10.6. The van der Waals surface area contributed by atoms with Crippen LogP contribution >= 0.6 is 15.6 Å². The smallest absolute Gasteiger partial charge is 0.388 e. The van der Waals surface area contributed by atoms with E-state index in [1.165, 1.54) is 0 Å². The molecule has 0 aromatic rings. The number of phosphoric ester groups is 2. The number of hydrogen-bond acceptors (Lipinski definition) is 9.